The molecule has 1 aliphatic rings. The van der Waals surface area contributed by atoms with Crippen LogP contribution in [0.1, 0.15) is 23.4 Å². The molecule has 1 unspecified atom stereocenters. The van der Waals surface area contributed by atoms with Gasteiger partial charge >= 0.3 is 0 Å². The maximum atomic E-state index is 12.1. The van der Waals surface area contributed by atoms with Crippen LogP contribution in [-0.4, -0.2) is 64.4 Å². The highest BCUT2D eigenvalue weighted by Gasteiger charge is 2.13. The number of hydrogen-bond acceptors (Lipinski definition) is 7. The smallest absolute Gasteiger partial charge is 0.232 e. The van der Waals surface area contributed by atoms with E-state index < -0.39 is 16.7 Å². The molecule has 0 spiro atoms. The number of hydrogen-bond donors (Lipinski definition) is 1. The van der Waals surface area contributed by atoms with Gasteiger partial charge in [-0.2, -0.15) is 0 Å². The summed E-state index contributed by atoms with van der Waals surface area (Å²) in [6.07, 6.45) is 4.09. The van der Waals surface area contributed by atoms with Gasteiger partial charge in [0.15, 0.2) is 5.78 Å². The Kier molecular flexibility index (Phi) is 8.73. The Bertz CT molecular complexity index is 850. The molecule has 8 nitrogen and oxygen atoms in total. The molecule has 1 N–H and O–H groups in total. The lowest BCUT2D eigenvalue weighted by Crippen LogP contribution is -2.35. The van der Waals surface area contributed by atoms with Crippen LogP contribution in [-0.2, 0) is 43.8 Å². The van der Waals surface area contributed by atoms with Gasteiger partial charge in [-0.15, -0.1) is 0 Å². The zero-order chi connectivity index (χ0) is 21.2. The Morgan fingerprint density at radius 2 is 2.07 bits per heavy atom. The Morgan fingerprint density at radius 3 is 2.83 bits per heavy atom. The highest BCUT2D eigenvalue weighted by Crippen LogP contribution is 2.09. The van der Waals surface area contributed by atoms with Gasteiger partial charge in [0, 0.05) is 48.7 Å². The van der Waals surface area contributed by atoms with E-state index in [1.165, 1.54) is 11.8 Å². The monoisotopic (exact) mass is 433 g/mol. The Hall–Kier alpha value is -2.36. The van der Waals surface area contributed by atoms with E-state index >= 15 is 0 Å². The second kappa shape index (κ2) is 11.7. The van der Waals surface area contributed by atoms with E-state index in [9.17, 15) is 13.8 Å². The van der Waals surface area contributed by atoms with Gasteiger partial charge in [0.1, 0.15) is 11.5 Å². The third-order valence-corrected chi connectivity index (χ3v) is 5.90. The maximum absolute atomic E-state index is 12.1. The first-order chi connectivity index (χ1) is 14.6. The standard InChI is InChI=1S/C21H27N3O5S/c25-19(13-23-21(26)16-30(27)15-20-2-1-9-29-20)4-3-18-12-17(5-6-22-18)14-24-7-10-28-11-8-24/h1-2,5-6,9,12H,3-4,7-8,10-11,13-16H2,(H,23,26). The predicted octanol–water partition coefficient (Wildman–Crippen LogP) is 1.07. The van der Waals surface area contributed by atoms with Crippen molar-refractivity contribution in [1.82, 2.24) is 15.2 Å². The number of morpholine rings is 1. The van der Waals surface area contributed by atoms with E-state index in [1.54, 1.807) is 18.3 Å². The molecule has 0 bridgehead atoms. The summed E-state index contributed by atoms with van der Waals surface area (Å²) in [6, 6.07) is 7.44. The van der Waals surface area contributed by atoms with Crippen LogP contribution in [0.4, 0.5) is 0 Å². The topological polar surface area (TPSA) is 102 Å². The fourth-order valence-corrected chi connectivity index (χ4v) is 4.11. The molecule has 1 fully saturated rings. The minimum atomic E-state index is -1.37. The molecule has 3 rings (SSSR count). The summed E-state index contributed by atoms with van der Waals surface area (Å²) < 4.78 is 22.4. The molecule has 30 heavy (non-hydrogen) atoms. The largest absolute Gasteiger partial charge is 0.468 e. The number of ether oxygens (including phenoxy) is 1. The third kappa shape index (κ3) is 7.81. The molecule has 1 atom stereocenters. The number of aryl methyl sites for hydroxylation is 1. The minimum absolute atomic E-state index is 0.0652. The molecular formula is C21H27N3O5S. The number of carbonyl (C=O) groups excluding carboxylic acids is 2. The van der Waals surface area contributed by atoms with E-state index in [4.69, 9.17) is 9.15 Å². The van der Waals surface area contributed by atoms with Crippen LogP contribution < -0.4 is 5.32 Å². The van der Waals surface area contributed by atoms with Gasteiger partial charge in [0.2, 0.25) is 5.91 Å². The molecule has 1 aliphatic heterocycles. The normalized spacial score (nSPS) is 15.6. The number of furan rings is 1. The second-order valence-electron chi connectivity index (χ2n) is 7.17. The number of ketones is 1. The first kappa shape index (κ1) is 22.3. The average Bonchev–Trinajstić information content (AvgIpc) is 3.24. The van der Waals surface area contributed by atoms with Crippen LogP contribution in [0, 0.1) is 0 Å². The molecular weight excluding hydrogens is 406 g/mol. The highest BCUT2D eigenvalue weighted by atomic mass is 32.2. The van der Waals surface area contributed by atoms with E-state index in [2.05, 4.69) is 15.2 Å². The lowest BCUT2D eigenvalue weighted by atomic mass is 10.1. The lowest BCUT2D eigenvalue weighted by molar-refractivity contribution is -0.123. The highest BCUT2D eigenvalue weighted by molar-refractivity contribution is 7.84. The van der Waals surface area contributed by atoms with Crippen LogP contribution in [0.2, 0.25) is 0 Å². The van der Waals surface area contributed by atoms with Gasteiger partial charge in [0.05, 0.1) is 31.8 Å². The molecule has 0 aromatic carbocycles. The molecule has 9 heteroatoms. The SMILES string of the molecule is O=C(CCc1cc(CN2CCOCC2)ccn1)CNC(=O)CS(=O)Cc1ccco1. The van der Waals surface area contributed by atoms with Crippen molar-refractivity contribution in [2.45, 2.75) is 25.1 Å². The quantitative estimate of drug-likeness (QED) is 0.566. The van der Waals surface area contributed by atoms with Crippen LogP contribution in [0.15, 0.2) is 41.1 Å². The van der Waals surface area contributed by atoms with Crippen molar-refractivity contribution in [3.8, 4) is 0 Å². The summed E-state index contributed by atoms with van der Waals surface area (Å²) in [5.74, 6) is 0.111. The molecule has 1 amide bonds. The molecule has 2 aromatic rings. The summed E-state index contributed by atoms with van der Waals surface area (Å²) in [6.45, 7) is 4.13. The number of rotatable bonds is 11. The third-order valence-electron chi connectivity index (χ3n) is 4.71. The van der Waals surface area contributed by atoms with E-state index in [0.29, 0.717) is 18.6 Å². The van der Waals surface area contributed by atoms with Gasteiger partial charge in [-0.25, -0.2) is 0 Å². The molecule has 3 heterocycles. The second-order valence-corrected chi connectivity index (χ2v) is 8.62. The van der Waals surface area contributed by atoms with Crippen molar-refractivity contribution in [2.24, 2.45) is 0 Å². The van der Waals surface area contributed by atoms with Crippen LogP contribution in [0.25, 0.3) is 0 Å². The molecule has 162 valence electrons. The summed E-state index contributed by atoms with van der Waals surface area (Å²) in [5.41, 5.74) is 2.03. The maximum Gasteiger partial charge on any atom is 0.232 e. The van der Waals surface area contributed by atoms with Crippen LogP contribution in [0.5, 0.6) is 0 Å². The molecule has 2 aromatic heterocycles. The van der Waals surface area contributed by atoms with Gasteiger partial charge in [0.25, 0.3) is 0 Å². The number of Topliss-reactive ketones (excluding diaryl/α,β-unsaturated/α-hetero) is 1. The number of amides is 1. The number of nitrogens with one attached hydrogen (secondary N) is 1. The van der Waals surface area contributed by atoms with Crippen LogP contribution in [0.3, 0.4) is 0 Å². The number of pyridine rings is 1. The molecule has 1 saturated heterocycles. The van der Waals surface area contributed by atoms with E-state index in [-0.39, 0.29) is 23.8 Å². The zero-order valence-electron chi connectivity index (χ0n) is 16.9. The number of aromatic nitrogens is 1. The Morgan fingerprint density at radius 1 is 1.23 bits per heavy atom. The average molecular weight is 434 g/mol. The Labute approximate surface area is 178 Å². The van der Waals surface area contributed by atoms with Crippen LogP contribution >= 0.6 is 0 Å². The fourth-order valence-electron chi connectivity index (χ4n) is 3.14. The van der Waals surface area contributed by atoms with Gasteiger partial charge in [-0.1, -0.05) is 0 Å². The van der Waals surface area contributed by atoms with Crippen molar-refractivity contribution in [3.05, 3.63) is 53.7 Å². The van der Waals surface area contributed by atoms with Gasteiger partial charge in [-0.05, 0) is 36.2 Å². The molecule has 0 aliphatic carbocycles. The summed E-state index contributed by atoms with van der Waals surface area (Å²) in [5, 5.41) is 2.54. The fraction of sp³-hybridized carbons (Fsp3) is 0.476. The number of nitrogens with zero attached hydrogens (tertiary/aromatic N) is 2. The summed E-state index contributed by atoms with van der Waals surface area (Å²) in [4.78, 5) is 30.7. The van der Waals surface area contributed by atoms with Gasteiger partial charge < -0.3 is 14.5 Å². The van der Waals surface area contributed by atoms with E-state index in [1.807, 2.05) is 12.1 Å². The lowest BCUT2D eigenvalue weighted by Gasteiger charge is -2.26. The van der Waals surface area contributed by atoms with Crippen molar-refractivity contribution in [1.29, 1.82) is 0 Å². The molecule has 0 saturated carbocycles. The molecule has 0 radical (unpaired) electrons. The first-order valence-corrected chi connectivity index (χ1v) is 11.5. The van der Waals surface area contributed by atoms with Crippen molar-refractivity contribution in [3.63, 3.8) is 0 Å². The number of carbonyl (C=O) groups is 2. The first-order valence-electron chi connectivity index (χ1n) is 9.98. The minimum Gasteiger partial charge on any atom is -0.468 e. The Balaban J connectivity index is 1.35. The van der Waals surface area contributed by atoms with Crippen molar-refractivity contribution in [2.75, 3.05) is 38.6 Å². The summed E-state index contributed by atoms with van der Waals surface area (Å²) >= 11 is 0. The van der Waals surface area contributed by atoms with E-state index in [0.717, 1.165) is 38.5 Å². The summed E-state index contributed by atoms with van der Waals surface area (Å²) in [7, 11) is -1.37. The van der Waals surface area contributed by atoms with Crippen molar-refractivity contribution < 1.29 is 23.0 Å². The van der Waals surface area contributed by atoms with Crippen molar-refractivity contribution >= 4 is 22.5 Å². The predicted molar refractivity (Wildman–Crippen MR) is 112 cm³/mol. The van der Waals surface area contributed by atoms with Gasteiger partial charge in [-0.3, -0.25) is 23.7 Å². The zero-order valence-corrected chi connectivity index (χ0v) is 17.7.